The minimum Gasteiger partial charge on any atom is -0.393 e. The highest BCUT2D eigenvalue weighted by Gasteiger charge is 2.27. The van der Waals surface area contributed by atoms with Gasteiger partial charge in [-0.05, 0) is 37.5 Å². The van der Waals surface area contributed by atoms with E-state index < -0.39 is 0 Å². The molecule has 0 aromatic rings. The molecule has 0 saturated carbocycles. The average Bonchev–Trinajstić information content (AvgIpc) is 2.34. The number of carbonyl (C=O) groups is 1. The maximum atomic E-state index is 12.2. The molecule has 1 rings (SSSR count). The van der Waals surface area contributed by atoms with E-state index >= 15 is 0 Å². The molecule has 0 aromatic carbocycles. The van der Waals surface area contributed by atoms with Crippen molar-refractivity contribution < 1.29 is 14.6 Å². The highest BCUT2D eigenvalue weighted by molar-refractivity contribution is 5.78. The summed E-state index contributed by atoms with van der Waals surface area (Å²) in [7, 11) is 0. The SMILES string of the molecule is CC(O)CC(C)(C)CNC(=O)C(C)C1CCOCC1. The molecule has 0 aromatic heterocycles. The number of carbonyl (C=O) groups excluding carboxylic acids is 1. The number of hydrogen-bond donors (Lipinski definition) is 2. The van der Waals surface area contributed by atoms with Gasteiger partial charge in [0.05, 0.1) is 6.10 Å². The van der Waals surface area contributed by atoms with Crippen LogP contribution in [0.25, 0.3) is 0 Å². The predicted molar refractivity (Wildman–Crippen MR) is 75.8 cm³/mol. The molecule has 1 heterocycles. The minimum absolute atomic E-state index is 0.0475. The lowest BCUT2D eigenvalue weighted by Crippen LogP contribution is -2.41. The number of rotatable bonds is 6. The van der Waals surface area contributed by atoms with Gasteiger partial charge in [0.2, 0.25) is 5.91 Å². The molecule has 4 heteroatoms. The van der Waals surface area contributed by atoms with Gasteiger partial charge < -0.3 is 15.2 Å². The van der Waals surface area contributed by atoms with Crippen LogP contribution in [0.3, 0.4) is 0 Å². The van der Waals surface area contributed by atoms with Gasteiger partial charge in [-0.3, -0.25) is 4.79 Å². The van der Waals surface area contributed by atoms with Gasteiger partial charge in [0.15, 0.2) is 0 Å². The Bertz CT molecular complexity index is 283. The molecule has 1 saturated heterocycles. The van der Waals surface area contributed by atoms with Gasteiger partial charge in [-0.2, -0.15) is 0 Å². The summed E-state index contributed by atoms with van der Waals surface area (Å²) in [5, 5.41) is 12.5. The molecule has 0 spiro atoms. The maximum absolute atomic E-state index is 12.2. The number of ether oxygens (including phenoxy) is 1. The zero-order chi connectivity index (χ0) is 14.5. The Kier molecular flexibility index (Phi) is 6.27. The summed E-state index contributed by atoms with van der Waals surface area (Å²) in [6, 6.07) is 0. The summed E-state index contributed by atoms with van der Waals surface area (Å²) in [5.74, 6) is 0.616. The van der Waals surface area contributed by atoms with Crippen molar-refractivity contribution in [3.05, 3.63) is 0 Å². The van der Waals surface area contributed by atoms with E-state index in [-0.39, 0.29) is 23.3 Å². The molecular formula is C15H29NO3. The molecule has 0 radical (unpaired) electrons. The van der Waals surface area contributed by atoms with Crippen molar-refractivity contribution in [1.29, 1.82) is 0 Å². The Morgan fingerprint density at radius 2 is 1.95 bits per heavy atom. The fourth-order valence-electron chi connectivity index (χ4n) is 2.79. The first kappa shape index (κ1) is 16.4. The van der Waals surface area contributed by atoms with Crippen LogP contribution >= 0.6 is 0 Å². The van der Waals surface area contributed by atoms with Crippen molar-refractivity contribution >= 4 is 5.91 Å². The van der Waals surface area contributed by atoms with Crippen LogP contribution in [0.4, 0.5) is 0 Å². The number of aliphatic hydroxyl groups is 1. The second-order valence-electron chi connectivity index (χ2n) is 6.67. The Morgan fingerprint density at radius 3 is 2.47 bits per heavy atom. The summed E-state index contributed by atoms with van der Waals surface area (Å²) in [6.07, 6.45) is 2.32. The van der Waals surface area contributed by atoms with Crippen LogP contribution < -0.4 is 5.32 Å². The molecular weight excluding hydrogens is 242 g/mol. The van der Waals surface area contributed by atoms with Crippen molar-refractivity contribution in [2.75, 3.05) is 19.8 Å². The zero-order valence-corrected chi connectivity index (χ0v) is 12.7. The Balaban J connectivity index is 2.37. The van der Waals surface area contributed by atoms with Gasteiger partial charge in [0, 0.05) is 25.7 Å². The first-order valence-corrected chi connectivity index (χ1v) is 7.35. The van der Waals surface area contributed by atoms with Gasteiger partial charge in [0.25, 0.3) is 0 Å². The number of nitrogens with one attached hydrogen (secondary N) is 1. The highest BCUT2D eigenvalue weighted by Crippen LogP contribution is 2.25. The molecule has 1 aliphatic rings. The van der Waals surface area contributed by atoms with Crippen LogP contribution in [-0.2, 0) is 9.53 Å². The lowest BCUT2D eigenvalue weighted by atomic mass is 9.85. The maximum Gasteiger partial charge on any atom is 0.223 e. The van der Waals surface area contributed by atoms with Gasteiger partial charge in [-0.1, -0.05) is 20.8 Å². The smallest absolute Gasteiger partial charge is 0.223 e. The van der Waals surface area contributed by atoms with Crippen LogP contribution in [0.2, 0.25) is 0 Å². The van der Waals surface area contributed by atoms with E-state index in [9.17, 15) is 9.90 Å². The lowest BCUT2D eigenvalue weighted by molar-refractivity contribution is -0.127. The van der Waals surface area contributed by atoms with Crippen molar-refractivity contribution in [3.63, 3.8) is 0 Å². The summed E-state index contributed by atoms with van der Waals surface area (Å²) < 4.78 is 5.33. The lowest BCUT2D eigenvalue weighted by Gasteiger charge is -2.30. The third-order valence-corrected chi connectivity index (χ3v) is 3.98. The van der Waals surface area contributed by atoms with E-state index in [0.29, 0.717) is 18.9 Å². The van der Waals surface area contributed by atoms with Gasteiger partial charge in [-0.15, -0.1) is 0 Å². The van der Waals surface area contributed by atoms with Gasteiger partial charge in [-0.25, -0.2) is 0 Å². The topological polar surface area (TPSA) is 58.6 Å². The zero-order valence-electron chi connectivity index (χ0n) is 12.7. The number of aliphatic hydroxyl groups excluding tert-OH is 1. The van der Waals surface area contributed by atoms with E-state index in [1.807, 2.05) is 6.92 Å². The van der Waals surface area contributed by atoms with Crippen LogP contribution in [0.5, 0.6) is 0 Å². The van der Waals surface area contributed by atoms with E-state index in [1.54, 1.807) is 6.92 Å². The number of hydrogen-bond acceptors (Lipinski definition) is 3. The molecule has 1 aliphatic heterocycles. The molecule has 0 aliphatic carbocycles. The van der Waals surface area contributed by atoms with Gasteiger partial charge in [0.1, 0.15) is 0 Å². The van der Waals surface area contributed by atoms with E-state index in [2.05, 4.69) is 19.2 Å². The highest BCUT2D eigenvalue weighted by atomic mass is 16.5. The fraction of sp³-hybridized carbons (Fsp3) is 0.933. The third kappa shape index (κ3) is 5.91. The Hall–Kier alpha value is -0.610. The summed E-state index contributed by atoms with van der Waals surface area (Å²) >= 11 is 0. The molecule has 2 N–H and O–H groups in total. The van der Waals surface area contributed by atoms with Crippen molar-refractivity contribution in [2.24, 2.45) is 17.3 Å². The van der Waals surface area contributed by atoms with Crippen LogP contribution in [0, 0.1) is 17.3 Å². The first-order chi connectivity index (χ1) is 8.82. The van der Waals surface area contributed by atoms with Crippen LogP contribution in [0.15, 0.2) is 0 Å². The van der Waals surface area contributed by atoms with Gasteiger partial charge >= 0.3 is 0 Å². The summed E-state index contributed by atoms with van der Waals surface area (Å²) in [6.45, 7) is 10.1. The van der Waals surface area contributed by atoms with E-state index in [0.717, 1.165) is 26.1 Å². The molecule has 112 valence electrons. The van der Waals surface area contributed by atoms with E-state index in [1.165, 1.54) is 0 Å². The number of amides is 1. The second kappa shape index (κ2) is 7.25. The van der Waals surface area contributed by atoms with E-state index in [4.69, 9.17) is 4.74 Å². The summed E-state index contributed by atoms with van der Waals surface area (Å²) in [4.78, 5) is 12.2. The standard InChI is InChI=1S/C15H29NO3/c1-11(17)9-15(3,4)10-16-14(18)12(2)13-5-7-19-8-6-13/h11-13,17H,5-10H2,1-4H3,(H,16,18). The van der Waals surface area contributed by atoms with Crippen LogP contribution in [0.1, 0.15) is 47.0 Å². The minimum atomic E-state index is -0.334. The van der Waals surface area contributed by atoms with Crippen molar-refractivity contribution in [3.8, 4) is 0 Å². The average molecular weight is 271 g/mol. The fourth-order valence-corrected chi connectivity index (χ4v) is 2.79. The predicted octanol–water partition coefficient (Wildman–Crippen LogP) is 1.96. The van der Waals surface area contributed by atoms with Crippen LogP contribution in [-0.4, -0.2) is 36.9 Å². The quantitative estimate of drug-likeness (QED) is 0.776. The Morgan fingerprint density at radius 1 is 1.37 bits per heavy atom. The normalized spacial score (nSPS) is 20.9. The molecule has 4 nitrogen and oxygen atoms in total. The largest absolute Gasteiger partial charge is 0.393 e. The summed E-state index contributed by atoms with van der Waals surface area (Å²) in [5.41, 5.74) is -0.0702. The Labute approximate surface area is 116 Å². The molecule has 2 atom stereocenters. The molecule has 1 fully saturated rings. The molecule has 0 bridgehead atoms. The molecule has 1 amide bonds. The monoisotopic (exact) mass is 271 g/mol. The molecule has 2 unspecified atom stereocenters. The third-order valence-electron chi connectivity index (χ3n) is 3.98. The van der Waals surface area contributed by atoms with Crippen molar-refractivity contribution in [1.82, 2.24) is 5.32 Å². The van der Waals surface area contributed by atoms with Crippen molar-refractivity contribution in [2.45, 2.75) is 53.1 Å². The molecule has 19 heavy (non-hydrogen) atoms. The second-order valence-corrected chi connectivity index (χ2v) is 6.67. The first-order valence-electron chi connectivity index (χ1n) is 7.35.